The van der Waals surface area contributed by atoms with Crippen molar-refractivity contribution in [2.75, 3.05) is 0 Å². The van der Waals surface area contributed by atoms with Crippen LogP contribution in [0.15, 0.2) is 176 Å². The second kappa shape index (κ2) is 12.6. The van der Waals surface area contributed by atoms with Gasteiger partial charge in [-0.2, -0.15) is 5.26 Å². The average Bonchev–Trinajstić information content (AvgIpc) is 3.99. The molecule has 0 unspecified atom stereocenters. The molecule has 9 aromatic carbocycles. The van der Waals surface area contributed by atoms with Gasteiger partial charge in [-0.25, -0.2) is 9.83 Å². The van der Waals surface area contributed by atoms with Gasteiger partial charge in [-0.05, 0) is 63.0 Å². The minimum absolute atomic E-state index is 0.395. The molecule has 4 aromatic heterocycles. The van der Waals surface area contributed by atoms with Crippen LogP contribution in [-0.4, -0.2) is 14.1 Å². The minimum Gasteiger partial charge on any atom is -0.307 e. The average molecular weight is 792 g/mol. The summed E-state index contributed by atoms with van der Waals surface area (Å²) in [7, 11) is 0. The zero-order chi connectivity index (χ0) is 40.3. The van der Waals surface area contributed by atoms with E-state index in [1.54, 1.807) is 0 Å². The standard InChI is InChI=1S/C55H29N5S/c1-57-51-46(32-15-4-2-5-16-32)41(31-56)52(59-42-24-12-10-22-40(42)49-44(59)28-27-39-36-21-11-13-26-45(36)61-54(39)49)47(33-17-6-3-7-18-33)53(51)60-43-25-14-23-37-34-19-8-9-20-35(34)38-29-30-58-55(60)50(38)48(37)43/h2-30H. The van der Waals surface area contributed by atoms with E-state index >= 15 is 0 Å². The number of rotatable bonds is 4. The van der Waals surface area contributed by atoms with Gasteiger partial charge in [0.15, 0.2) is 0 Å². The van der Waals surface area contributed by atoms with Gasteiger partial charge < -0.3 is 9.13 Å². The summed E-state index contributed by atoms with van der Waals surface area (Å²) in [6.07, 6.45) is 1.89. The molecule has 0 saturated heterocycles. The van der Waals surface area contributed by atoms with Gasteiger partial charge in [-0.1, -0.05) is 140 Å². The first-order chi connectivity index (χ1) is 30.2. The van der Waals surface area contributed by atoms with E-state index in [9.17, 15) is 5.26 Å². The number of aromatic nitrogens is 3. The minimum atomic E-state index is 0.395. The molecule has 0 saturated carbocycles. The molecule has 6 heteroatoms. The lowest BCUT2D eigenvalue weighted by Gasteiger charge is -2.25. The number of benzene rings is 9. The van der Waals surface area contributed by atoms with E-state index in [4.69, 9.17) is 11.6 Å². The molecule has 0 spiro atoms. The first-order valence-corrected chi connectivity index (χ1v) is 21.0. The van der Waals surface area contributed by atoms with Crippen LogP contribution in [0.5, 0.6) is 0 Å². The van der Waals surface area contributed by atoms with Gasteiger partial charge in [-0.15, -0.1) is 11.3 Å². The van der Waals surface area contributed by atoms with E-state index in [0.717, 1.165) is 82.3 Å². The zero-order valence-corrected chi connectivity index (χ0v) is 33.2. The highest BCUT2D eigenvalue weighted by Gasteiger charge is 2.33. The van der Waals surface area contributed by atoms with Gasteiger partial charge in [0.2, 0.25) is 5.69 Å². The number of thiophene rings is 1. The monoisotopic (exact) mass is 791 g/mol. The third-order valence-corrected chi connectivity index (χ3v) is 13.8. The van der Waals surface area contributed by atoms with E-state index in [1.165, 1.54) is 25.6 Å². The van der Waals surface area contributed by atoms with Gasteiger partial charge in [-0.3, -0.25) is 0 Å². The molecule has 0 aliphatic rings. The lowest BCUT2D eigenvalue weighted by molar-refractivity contribution is 1.12. The van der Waals surface area contributed by atoms with Crippen molar-refractivity contribution in [3.63, 3.8) is 0 Å². The van der Waals surface area contributed by atoms with Crippen molar-refractivity contribution in [3.05, 3.63) is 193 Å². The Morgan fingerprint density at radius 2 is 1.10 bits per heavy atom. The molecule has 13 aromatic rings. The zero-order valence-electron chi connectivity index (χ0n) is 32.4. The maximum Gasteiger partial charge on any atom is 0.220 e. The van der Waals surface area contributed by atoms with E-state index < -0.39 is 0 Å². The Morgan fingerprint density at radius 1 is 0.492 bits per heavy atom. The highest BCUT2D eigenvalue weighted by molar-refractivity contribution is 7.26. The second-order valence-electron chi connectivity index (χ2n) is 15.6. The van der Waals surface area contributed by atoms with E-state index in [2.05, 4.69) is 141 Å². The van der Waals surface area contributed by atoms with Crippen LogP contribution in [0.4, 0.5) is 5.69 Å². The normalized spacial score (nSPS) is 11.9. The molecule has 0 aliphatic heterocycles. The summed E-state index contributed by atoms with van der Waals surface area (Å²) in [5.41, 5.74) is 9.01. The number of fused-ring (bicyclic) bond motifs is 10. The van der Waals surface area contributed by atoms with Crippen LogP contribution < -0.4 is 0 Å². The third-order valence-electron chi connectivity index (χ3n) is 12.6. The quantitative estimate of drug-likeness (QED) is 0.132. The van der Waals surface area contributed by atoms with E-state index in [0.29, 0.717) is 22.5 Å². The smallest absolute Gasteiger partial charge is 0.220 e. The van der Waals surface area contributed by atoms with Gasteiger partial charge >= 0.3 is 0 Å². The summed E-state index contributed by atoms with van der Waals surface area (Å²) in [6, 6.07) is 61.7. The molecule has 61 heavy (non-hydrogen) atoms. The third kappa shape index (κ3) is 4.44. The molecule has 13 rings (SSSR count). The molecular weight excluding hydrogens is 763 g/mol. The van der Waals surface area contributed by atoms with Crippen molar-refractivity contribution in [1.82, 2.24) is 14.1 Å². The van der Waals surface area contributed by atoms with Crippen LogP contribution in [0.2, 0.25) is 0 Å². The number of para-hydroxylation sites is 1. The van der Waals surface area contributed by atoms with Crippen LogP contribution in [0.3, 0.4) is 0 Å². The first kappa shape index (κ1) is 33.7. The molecule has 0 bridgehead atoms. The van der Waals surface area contributed by atoms with Gasteiger partial charge in [0.1, 0.15) is 11.7 Å². The predicted octanol–water partition coefficient (Wildman–Crippen LogP) is 15.1. The molecule has 0 fully saturated rings. The summed E-state index contributed by atoms with van der Waals surface area (Å²) in [5.74, 6) is 0. The van der Waals surface area contributed by atoms with Gasteiger partial charge in [0.25, 0.3) is 0 Å². The first-order valence-electron chi connectivity index (χ1n) is 20.2. The van der Waals surface area contributed by atoms with Crippen molar-refractivity contribution >= 4 is 102 Å². The highest BCUT2D eigenvalue weighted by Crippen LogP contribution is 2.54. The highest BCUT2D eigenvalue weighted by atomic mass is 32.1. The maximum atomic E-state index is 11.7. The fourth-order valence-electron chi connectivity index (χ4n) is 10.2. The number of hydrogen-bond acceptors (Lipinski definition) is 3. The maximum absolute atomic E-state index is 11.7. The molecule has 0 N–H and O–H groups in total. The van der Waals surface area contributed by atoms with Gasteiger partial charge in [0.05, 0.1) is 40.1 Å². The number of nitrogens with zero attached hydrogens (tertiary/aromatic N) is 5. The lowest BCUT2D eigenvalue weighted by Crippen LogP contribution is -2.09. The molecule has 0 atom stereocenters. The summed E-state index contributed by atoms with van der Waals surface area (Å²) in [5, 5.41) is 23.1. The largest absolute Gasteiger partial charge is 0.307 e. The SMILES string of the molecule is [C-]#[N+]c1c(-c2ccccc2)c(C#N)c(-n2c3ccccc3c3c4sc5ccccc5c4ccc32)c(-c2ccccc2)c1-n1c2cccc3c4ccccc4c4ccnc1c4c32. The topological polar surface area (TPSA) is 50.9 Å². The van der Waals surface area contributed by atoms with Crippen molar-refractivity contribution < 1.29 is 0 Å². The summed E-state index contributed by atoms with van der Waals surface area (Å²) >= 11 is 1.81. The van der Waals surface area contributed by atoms with Crippen LogP contribution >= 0.6 is 11.3 Å². The van der Waals surface area contributed by atoms with Crippen LogP contribution in [-0.2, 0) is 0 Å². The Hall–Kier alpha value is -8.29. The number of hydrogen-bond donors (Lipinski definition) is 0. The lowest BCUT2D eigenvalue weighted by atomic mass is 9.88. The summed E-state index contributed by atoms with van der Waals surface area (Å²) < 4.78 is 6.95. The predicted molar refractivity (Wildman–Crippen MR) is 254 cm³/mol. The molecule has 280 valence electrons. The summed E-state index contributed by atoms with van der Waals surface area (Å²) in [6.45, 7) is 9.15. The molecular formula is C55H29N5S. The van der Waals surface area contributed by atoms with E-state index in [1.807, 2.05) is 66.1 Å². The number of pyridine rings is 1. The van der Waals surface area contributed by atoms with Crippen molar-refractivity contribution in [2.24, 2.45) is 0 Å². The molecule has 5 nitrogen and oxygen atoms in total. The fourth-order valence-corrected chi connectivity index (χ4v) is 11.5. The Labute approximate surface area is 353 Å². The Balaban J connectivity index is 1.31. The van der Waals surface area contributed by atoms with Gasteiger partial charge in [0, 0.05) is 59.0 Å². The Kier molecular flexibility index (Phi) is 6.96. The number of nitriles is 1. The molecule has 0 amide bonds. The van der Waals surface area contributed by atoms with Crippen molar-refractivity contribution in [1.29, 1.82) is 5.26 Å². The molecule has 0 radical (unpaired) electrons. The Bertz CT molecular complexity index is 3980. The van der Waals surface area contributed by atoms with Crippen molar-refractivity contribution in [2.45, 2.75) is 0 Å². The van der Waals surface area contributed by atoms with Crippen LogP contribution in [0, 0.1) is 17.9 Å². The van der Waals surface area contributed by atoms with Crippen molar-refractivity contribution in [3.8, 4) is 39.7 Å². The van der Waals surface area contributed by atoms with Crippen LogP contribution in [0.25, 0.3) is 124 Å². The molecule has 0 aliphatic carbocycles. The van der Waals surface area contributed by atoms with Crippen LogP contribution in [0.1, 0.15) is 5.56 Å². The molecule has 4 heterocycles. The summed E-state index contributed by atoms with van der Waals surface area (Å²) in [4.78, 5) is 9.66. The second-order valence-corrected chi connectivity index (χ2v) is 16.6. The fraction of sp³-hybridized carbons (Fsp3) is 0. The Morgan fingerprint density at radius 3 is 1.84 bits per heavy atom. The van der Waals surface area contributed by atoms with E-state index in [-0.39, 0.29) is 0 Å².